The molecule has 1 saturated carbocycles. The van der Waals surface area contributed by atoms with E-state index in [0.29, 0.717) is 11.1 Å². The Bertz CT molecular complexity index is 613. The summed E-state index contributed by atoms with van der Waals surface area (Å²) in [6.45, 7) is 1.62. The number of nitrogens with one attached hydrogen (secondary N) is 1. The maximum atomic E-state index is 12.6. The van der Waals surface area contributed by atoms with E-state index in [-0.39, 0.29) is 23.8 Å². The molecule has 0 spiro atoms. The molecule has 1 heterocycles. The molecule has 1 aromatic carbocycles. The Morgan fingerprint density at radius 2 is 1.50 bits per heavy atom. The first-order valence-electron chi connectivity index (χ1n) is 8.87. The highest BCUT2D eigenvalue weighted by molar-refractivity contribution is 6.22. The van der Waals surface area contributed by atoms with E-state index in [4.69, 9.17) is 0 Å². The lowest BCUT2D eigenvalue weighted by Crippen LogP contribution is -2.50. The van der Waals surface area contributed by atoms with Gasteiger partial charge in [-0.15, -0.1) is 0 Å². The highest BCUT2D eigenvalue weighted by atomic mass is 16.2. The zero-order chi connectivity index (χ0) is 17.1. The molecule has 2 aliphatic rings. The normalized spacial score (nSPS) is 20.3. The second-order valence-corrected chi connectivity index (χ2v) is 6.75. The van der Waals surface area contributed by atoms with Gasteiger partial charge >= 0.3 is 0 Å². The zero-order valence-corrected chi connectivity index (χ0v) is 14.1. The highest BCUT2D eigenvalue weighted by Crippen LogP contribution is 2.25. The van der Waals surface area contributed by atoms with Gasteiger partial charge in [0.2, 0.25) is 5.91 Å². The largest absolute Gasteiger partial charge is 0.352 e. The van der Waals surface area contributed by atoms with Crippen molar-refractivity contribution in [2.45, 2.75) is 64.0 Å². The summed E-state index contributed by atoms with van der Waals surface area (Å²) in [5, 5.41) is 3.05. The molecule has 0 aromatic heterocycles. The van der Waals surface area contributed by atoms with Gasteiger partial charge in [0, 0.05) is 6.04 Å². The Kier molecular flexibility index (Phi) is 4.97. The molecule has 5 heteroatoms. The minimum absolute atomic E-state index is 0.149. The minimum Gasteiger partial charge on any atom is -0.352 e. The molecule has 0 unspecified atom stereocenters. The number of nitrogens with zero attached hydrogens (tertiary/aromatic N) is 1. The summed E-state index contributed by atoms with van der Waals surface area (Å²) in [6.07, 6.45) is 7.87. The van der Waals surface area contributed by atoms with Crippen molar-refractivity contribution >= 4 is 17.7 Å². The van der Waals surface area contributed by atoms with Crippen LogP contribution in [-0.4, -0.2) is 34.7 Å². The van der Waals surface area contributed by atoms with Crippen molar-refractivity contribution in [1.82, 2.24) is 10.2 Å². The van der Waals surface area contributed by atoms with Gasteiger partial charge in [-0.05, 0) is 31.9 Å². The first-order valence-corrected chi connectivity index (χ1v) is 8.87. The lowest BCUT2D eigenvalue weighted by Gasteiger charge is -2.26. The van der Waals surface area contributed by atoms with Crippen molar-refractivity contribution in [2.24, 2.45) is 0 Å². The van der Waals surface area contributed by atoms with Gasteiger partial charge in [-0.25, -0.2) is 0 Å². The fourth-order valence-electron chi connectivity index (χ4n) is 3.60. The van der Waals surface area contributed by atoms with Crippen LogP contribution in [0.3, 0.4) is 0 Å². The van der Waals surface area contributed by atoms with E-state index in [1.807, 2.05) is 0 Å². The first-order chi connectivity index (χ1) is 11.6. The van der Waals surface area contributed by atoms with Gasteiger partial charge < -0.3 is 5.32 Å². The number of amides is 3. The van der Waals surface area contributed by atoms with Crippen molar-refractivity contribution in [3.8, 4) is 0 Å². The fourth-order valence-corrected chi connectivity index (χ4v) is 3.60. The van der Waals surface area contributed by atoms with Crippen LogP contribution in [0.2, 0.25) is 0 Å². The quantitative estimate of drug-likeness (QED) is 0.868. The maximum absolute atomic E-state index is 12.6. The molecule has 1 aliphatic carbocycles. The Morgan fingerprint density at radius 1 is 1.00 bits per heavy atom. The predicted molar refractivity (Wildman–Crippen MR) is 90.7 cm³/mol. The van der Waals surface area contributed by atoms with Gasteiger partial charge in [0.1, 0.15) is 6.04 Å². The van der Waals surface area contributed by atoms with Crippen molar-refractivity contribution in [1.29, 1.82) is 0 Å². The third-order valence-electron chi connectivity index (χ3n) is 5.04. The van der Waals surface area contributed by atoms with Crippen LogP contribution < -0.4 is 5.32 Å². The third-order valence-corrected chi connectivity index (χ3v) is 5.04. The first kappa shape index (κ1) is 16.7. The maximum Gasteiger partial charge on any atom is 0.262 e. The summed E-state index contributed by atoms with van der Waals surface area (Å²) in [5.74, 6) is -0.998. The van der Waals surface area contributed by atoms with Crippen molar-refractivity contribution in [3.05, 3.63) is 35.4 Å². The van der Waals surface area contributed by atoms with E-state index in [1.165, 1.54) is 19.3 Å². The number of fused-ring (bicyclic) bond motifs is 1. The van der Waals surface area contributed by atoms with Crippen LogP contribution in [0.4, 0.5) is 0 Å². The molecule has 0 saturated heterocycles. The van der Waals surface area contributed by atoms with E-state index >= 15 is 0 Å². The number of carbonyl (C=O) groups is 3. The Balaban J connectivity index is 1.68. The van der Waals surface area contributed by atoms with E-state index < -0.39 is 6.04 Å². The molecule has 1 aliphatic heterocycles. The SMILES string of the molecule is C[C@H](C(=O)NC1CCCCCCC1)N1C(=O)c2ccccc2C1=O. The molecule has 3 amide bonds. The average Bonchev–Trinajstić information content (AvgIpc) is 2.81. The van der Waals surface area contributed by atoms with E-state index in [2.05, 4.69) is 5.32 Å². The topological polar surface area (TPSA) is 66.5 Å². The molecule has 24 heavy (non-hydrogen) atoms. The molecule has 1 N–H and O–H groups in total. The summed E-state index contributed by atoms with van der Waals surface area (Å²) in [4.78, 5) is 38.6. The molecule has 0 bridgehead atoms. The molecular formula is C19H24N2O3. The van der Waals surface area contributed by atoms with Crippen LogP contribution in [0.5, 0.6) is 0 Å². The summed E-state index contributed by atoms with van der Waals surface area (Å²) < 4.78 is 0. The summed E-state index contributed by atoms with van der Waals surface area (Å²) in [6, 6.07) is 6.09. The zero-order valence-electron chi connectivity index (χ0n) is 14.1. The van der Waals surface area contributed by atoms with Gasteiger partial charge in [-0.1, -0.05) is 44.2 Å². The number of hydrogen-bond acceptors (Lipinski definition) is 3. The second-order valence-electron chi connectivity index (χ2n) is 6.75. The Morgan fingerprint density at radius 3 is 2.04 bits per heavy atom. The minimum atomic E-state index is -0.789. The van der Waals surface area contributed by atoms with E-state index in [9.17, 15) is 14.4 Å². The molecule has 1 atom stereocenters. The number of rotatable bonds is 3. The monoisotopic (exact) mass is 328 g/mol. The third kappa shape index (κ3) is 3.21. The van der Waals surface area contributed by atoms with Crippen molar-refractivity contribution in [3.63, 3.8) is 0 Å². The Labute approximate surface area is 142 Å². The Hall–Kier alpha value is -2.17. The number of carbonyl (C=O) groups excluding carboxylic acids is 3. The molecule has 1 aromatic rings. The van der Waals surface area contributed by atoms with Gasteiger partial charge in [0.05, 0.1) is 11.1 Å². The van der Waals surface area contributed by atoms with Gasteiger partial charge in [-0.2, -0.15) is 0 Å². The fraction of sp³-hybridized carbons (Fsp3) is 0.526. The summed E-state index contributed by atoms with van der Waals surface area (Å²) >= 11 is 0. The number of imide groups is 1. The molecule has 1 fully saturated rings. The molecule has 3 rings (SSSR count). The molecule has 128 valence electrons. The standard InChI is InChI=1S/C19H24N2O3/c1-13(17(22)20-14-9-5-3-2-4-6-10-14)21-18(23)15-11-7-8-12-16(15)19(21)24/h7-8,11-14H,2-6,9-10H2,1H3,(H,20,22)/t13-/m1/s1. The summed E-state index contributed by atoms with van der Waals surface area (Å²) in [5.41, 5.74) is 0.765. The van der Waals surface area contributed by atoms with Crippen LogP contribution in [0, 0.1) is 0 Å². The lowest BCUT2D eigenvalue weighted by molar-refractivity contribution is -0.125. The van der Waals surface area contributed by atoms with Crippen molar-refractivity contribution < 1.29 is 14.4 Å². The van der Waals surface area contributed by atoms with Crippen LogP contribution in [0.1, 0.15) is 72.6 Å². The predicted octanol–water partition coefficient (Wildman–Crippen LogP) is 2.90. The van der Waals surface area contributed by atoms with Crippen molar-refractivity contribution in [2.75, 3.05) is 0 Å². The number of benzene rings is 1. The van der Waals surface area contributed by atoms with Gasteiger partial charge in [0.25, 0.3) is 11.8 Å². The van der Waals surface area contributed by atoms with Crippen LogP contribution in [0.25, 0.3) is 0 Å². The van der Waals surface area contributed by atoms with Crippen LogP contribution in [-0.2, 0) is 4.79 Å². The average molecular weight is 328 g/mol. The van der Waals surface area contributed by atoms with Crippen LogP contribution in [0.15, 0.2) is 24.3 Å². The van der Waals surface area contributed by atoms with Gasteiger partial charge in [0.15, 0.2) is 0 Å². The second kappa shape index (κ2) is 7.16. The lowest BCUT2D eigenvalue weighted by atomic mass is 9.96. The van der Waals surface area contributed by atoms with E-state index in [0.717, 1.165) is 30.6 Å². The smallest absolute Gasteiger partial charge is 0.262 e. The molecule has 0 radical (unpaired) electrons. The molecular weight excluding hydrogens is 304 g/mol. The van der Waals surface area contributed by atoms with Gasteiger partial charge in [-0.3, -0.25) is 19.3 Å². The van der Waals surface area contributed by atoms with E-state index in [1.54, 1.807) is 31.2 Å². The molecule has 5 nitrogen and oxygen atoms in total. The number of hydrogen-bond donors (Lipinski definition) is 1. The van der Waals surface area contributed by atoms with Crippen LogP contribution >= 0.6 is 0 Å². The summed E-state index contributed by atoms with van der Waals surface area (Å²) in [7, 11) is 0. The highest BCUT2D eigenvalue weighted by Gasteiger charge is 2.40.